The predicted molar refractivity (Wildman–Crippen MR) is 102 cm³/mol. The Morgan fingerprint density at radius 1 is 1.00 bits per heavy atom. The van der Waals surface area contributed by atoms with E-state index >= 15 is 0 Å². The summed E-state index contributed by atoms with van der Waals surface area (Å²) in [5, 5.41) is 16.7. The van der Waals surface area contributed by atoms with Crippen LogP contribution < -0.4 is 0 Å². The number of carbonyl (C=O) groups is 2. The van der Waals surface area contributed by atoms with E-state index in [2.05, 4.69) is 34.5 Å². The molecule has 1 aromatic heterocycles. The molecule has 1 amide bonds. The average Bonchev–Trinajstić information content (AvgIpc) is 3.31. The van der Waals surface area contributed by atoms with Gasteiger partial charge in [0.25, 0.3) is 0 Å². The van der Waals surface area contributed by atoms with Crippen LogP contribution in [0.25, 0.3) is 11.1 Å². The second-order valence-corrected chi connectivity index (χ2v) is 7.12. The molecule has 29 heavy (non-hydrogen) atoms. The number of hydrogen-bond donors (Lipinski definition) is 1. The van der Waals surface area contributed by atoms with E-state index in [-0.39, 0.29) is 24.9 Å². The first kappa shape index (κ1) is 17.4. The number of aromatic nitrogens is 3. The quantitative estimate of drug-likeness (QED) is 0.739. The van der Waals surface area contributed by atoms with E-state index < -0.39 is 12.1 Å². The smallest absolute Gasteiger partial charge is 0.410 e. The number of aromatic carboxylic acids is 1. The topological polar surface area (TPSA) is 97.5 Å². The van der Waals surface area contributed by atoms with Gasteiger partial charge in [-0.3, -0.25) is 4.90 Å². The van der Waals surface area contributed by atoms with E-state index in [4.69, 9.17) is 9.84 Å². The van der Waals surface area contributed by atoms with Gasteiger partial charge in [0.05, 0.1) is 6.54 Å². The number of ether oxygens (including phenoxy) is 1. The van der Waals surface area contributed by atoms with Crippen molar-refractivity contribution in [2.24, 2.45) is 0 Å². The van der Waals surface area contributed by atoms with E-state index in [1.807, 2.05) is 24.3 Å². The molecule has 8 heteroatoms. The second kappa shape index (κ2) is 6.73. The number of nitrogens with zero attached hydrogens (tertiary/aromatic N) is 4. The number of carboxylic acid groups (broad SMARTS) is 1. The molecule has 1 aliphatic carbocycles. The monoisotopic (exact) mass is 390 g/mol. The van der Waals surface area contributed by atoms with Crippen LogP contribution in [0.4, 0.5) is 4.79 Å². The normalized spacial score (nSPS) is 14.8. The molecule has 1 N–H and O–H groups in total. The fraction of sp³-hybridized carbons (Fsp3) is 0.238. The number of fused-ring (bicyclic) bond motifs is 4. The molecule has 8 nitrogen and oxygen atoms in total. The number of carboxylic acids is 1. The lowest BCUT2D eigenvalue weighted by molar-refractivity contribution is 0.0671. The first-order chi connectivity index (χ1) is 14.1. The Balaban J connectivity index is 1.31. The summed E-state index contributed by atoms with van der Waals surface area (Å²) in [6, 6.07) is 16.4. The lowest BCUT2D eigenvalue weighted by Crippen LogP contribution is -2.39. The number of rotatable bonds is 3. The minimum Gasteiger partial charge on any atom is -0.475 e. The average molecular weight is 390 g/mol. The number of benzene rings is 2. The lowest BCUT2D eigenvalue weighted by Gasteiger charge is -2.27. The molecule has 1 aliphatic heterocycles. The summed E-state index contributed by atoms with van der Waals surface area (Å²) in [5.41, 5.74) is 4.67. The maximum atomic E-state index is 12.7. The van der Waals surface area contributed by atoms with Crippen LogP contribution in [-0.4, -0.2) is 50.0 Å². The molecular formula is C21H18N4O4. The number of amides is 1. The maximum absolute atomic E-state index is 12.7. The van der Waals surface area contributed by atoms with Crippen molar-refractivity contribution >= 4 is 12.1 Å². The van der Waals surface area contributed by atoms with Gasteiger partial charge in [0.2, 0.25) is 5.82 Å². The van der Waals surface area contributed by atoms with E-state index in [1.54, 1.807) is 0 Å². The standard InChI is InChI=1S/C21H18N4O4/c26-20(27)19-23-22-18-11-24(9-10-25(18)19)21(28)29-12-17-15-7-3-1-5-13(15)14-6-2-4-8-16(14)17/h1-8,17H,9-12H2,(H,26,27). The van der Waals surface area contributed by atoms with Crippen LogP contribution in [-0.2, 0) is 17.8 Å². The van der Waals surface area contributed by atoms with Crippen molar-refractivity contribution in [1.82, 2.24) is 19.7 Å². The third-order valence-corrected chi connectivity index (χ3v) is 5.54. The fourth-order valence-electron chi connectivity index (χ4n) is 4.16. The molecule has 0 saturated carbocycles. The highest BCUT2D eigenvalue weighted by Crippen LogP contribution is 2.44. The van der Waals surface area contributed by atoms with Gasteiger partial charge >= 0.3 is 12.1 Å². The molecule has 5 rings (SSSR count). The largest absolute Gasteiger partial charge is 0.475 e. The summed E-state index contributed by atoms with van der Waals surface area (Å²) >= 11 is 0. The van der Waals surface area contributed by atoms with Crippen molar-refractivity contribution in [2.45, 2.75) is 19.0 Å². The maximum Gasteiger partial charge on any atom is 0.410 e. The van der Waals surface area contributed by atoms with Gasteiger partial charge in [-0.15, -0.1) is 10.2 Å². The molecule has 2 heterocycles. The van der Waals surface area contributed by atoms with Crippen molar-refractivity contribution in [2.75, 3.05) is 13.2 Å². The molecule has 0 saturated heterocycles. The molecule has 2 aliphatic rings. The highest BCUT2D eigenvalue weighted by molar-refractivity contribution is 5.83. The fourth-order valence-corrected chi connectivity index (χ4v) is 4.16. The molecule has 0 spiro atoms. The van der Waals surface area contributed by atoms with Crippen LogP contribution in [0.1, 0.15) is 33.5 Å². The van der Waals surface area contributed by atoms with Crippen LogP contribution >= 0.6 is 0 Å². The minimum atomic E-state index is -1.13. The van der Waals surface area contributed by atoms with Crippen molar-refractivity contribution in [3.63, 3.8) is 0 Å². The zero-order valence-corrected chi connectivity index (χ0v) is 15.5. The Labute approximate surface area is 166 Å². The Kier molecular flexibility index (Phi) is 4.04. The molecule has 0 atom stereocenters. The van der Waals surface area contributed by atoms with Crippen LogP contribution in [0.3, 0.4) is 0 Å². The van der Waals surface area contributed by atoms with E-state index in [9.17, 15) is 9.59 Å². The third kappa shape index (κ3) is 2.84. The summed E-state index contributed by atoms with van der Waals surface area (Å²) in [7, 11) is 0. The zero-order valence-electron chi connectivity index (χ0n) is 15.5. The third-order valence-electron chi connectivity index (χ3n) is 5.54. The van der Waals surface area contributed by atoms with Crippen molar-refractivity contribution in [1.29, 1.82) is 0 Å². The Morgan fingerprint density at radius 3 is 2.31 bits per heavy atom. The zero-order chi connectivity index (χ0) is 20.0. The van der Waals surface area contributed by atoms with E-state index in [0.29, 0.717) is 18.9 Å². The van der Waals surface area contributed by atoms with E-state index in [1.165, 1.54) is 20.6 Å². The Bertz CT molecular complexity index is 1080. The summed E-state index contributed by atoms with van der Waals surface area (Å²) in [6.07, 6.45) is -0.432. The van der Waals surface area contributed by atoms with Gasteiger partial charge < -0.3 is 14.4 Å². The van der Waals surface area contributed by atoms with Crippen molar-refractivity contribution in [3.05, 3.63) is 71.3 Å². The molecule has 3 aromatic rings. The predicted octanol–water partition coefficient (Wildman–Crippen LogP) is 2.74. The van der Waals surface area contributed by atoms with Gasteiger partial charge in [0.15, 0.2) is 5.82 Å². The van der Waals surface area contributed by atoms with Crippen LogP contribution in [0.2, 0.25) is 0 Å². The Morgan fingerprint density at radius 2 is 1.66 bits per heavy atom. The van der Waals surface area contributed by atoms with Crippen LogP contribution in [0, 0.1) is 0 Å². The highest BCUT2D eigenvalue weighted by atomic mass is 16.6. The van der Waals surface area contributed by atoms with Crippen molar-refractivity contribution in [3.8, 4) is 11.1 Å². The highest BCUT2D eigenvalue weighted by Gasteiger charge is 2.31. The first-order valence-electron chi connectivity index (χ1n) is 9.39. The summed E-state index contributed by atoms with van der Waals surface area (Å²) in [4.78, 5) is 25.4. The van der Waals surface area contributed by atoms with Crippen LogP contribution in [0.5, 0.6) is 0 Å². The van der Waals surface area contributed by atoms with Crippen molar-refractivity contribution < 1.29 is 19.4 Å². The molecule has 0 bridgehead atoms. The minimum absolute atomic E-state index is 0.00148. The number of hydrogen-bond acceptors (Lipinski definition) is 5. The summed E-state index contributed by atoms with van der Waals surface area (Å²) in [6.45, 7) is 1.10. The van der Waals surface area contributed by atoms with E-state index in [0.717, 1.165) is 11.1 Å². The number of carbonyl (C=O) groups excluding carboxylic acids is 1. The second-order valence-electron chi connectivity index (χ2n) is 7.12. The molecule has 0 fully saturated rings. The van der Waals surface area contributed by atoms with Crippen LogP contribution in [0.15, 0.2) is 48.5 Å². The summed E-state index contributed by atoms with van der Waals surface area (Å²) < 4.78 is 7.19. The van der Waals surface area contributed by atoms with Gasteiger partial charge in [0, 0.05) is 19.0 Å². The molecule has 0 radical (unpaired) electrons. The lowest BCUT2D eigenvalue weighted by atomic mass is 9.98. The SMILES string of the molecule is O=C(O)c1nnc2n1CCN(C(=O)OCC1c3ccccc3-c3ccccc31)C2. The first-order valence-corrected chi connectivity index (χ1v) is 9.39. The molecule has 0 unspecified atom stereocenters. The summed E-state index contributed by atoms with van der Waals surface area (Å²) in [5.74, 6) is -0.786. The molecular weight excluding hydrogens is 372 g/mol. The van der Waals surface area contributed by atoms with Gasteiger partial charge in [-0.2, -0.15) is 0 Å². The van der Waals surface area contributed by atoms with Gasteiger partial charge in [-0.25, -0.2) is 9.59 Å². The Hall–Kier alpha value is -3.68. The molecule has 146 valence electrons. The van der Waals surface area contributed by atoms with Gasteiger partial charge in [0.1, 0.15) is 6.61 Å². The molecule has 2 aromatic carbocycles. The van der Waals surface area contributed by atoms with Gasteiger partial charge in [-0.1, -0.05) is 48.5 Å². The van der Waals surface area contributed by atoms with Gasteiger partial charge in [-0.05, 0) is 22.3 Å².